The number of hydrogen-bond donors (Lipinski definition) is 0. The number of fused-ring (bicyclic) bond motifs is 1. The van der Waals surface area contributed by atoms with Crippen molar-refractivity contribution < 1.29 is 17.5 Å². The average Bonchev–Trinajstić information content (AvgIpc) is 2.68. The number of nitrogens with zero attached hydrogens (tertiary/aromatic N) is 3. The fourth-order valence-electron chi connectivity index (χ4n) is 1.98. The van der Waals surface area contributed by atoms with Crippen molar-refractivity contribution in [2.75, 3.05) is 4.31 Å². The third-order valence-electron chi connectivity index (χ3n) is 2.85. The molecule has 0 amide bonds. The Bertz CT molecular complexity index is 645. The Balaban J connectivity index is 2.21. The molecule has 1 atom stereocenters. The molecule has 0 bridgehead atoms. The first-order valence-corrected chi connectivity index (χ1v) is 6.55. The van der Waals surface area contributed by atoms with Crippen LogP contribution in [0.5, 0.6) is 5.75 Å². The van der Waals surface area contributed by atoms with Crippen molar-refractivity contribution in [1.82, 2.24) is 0 Å². The summed E-state index contributed by atoms with van der Waals surface area (Å²) in [4.78, 5) is 0. The van der Waals surface area contributed by atoms with E-state index in [2.05, 4.69) is 0 Å². The molecule has 0 aliphatic carbocycles. The van der Waals surface area contributed by atoms with E-state index in [1.165, 1.54) is 0 Å². The SMILES string of the molecule is C[n+]1ccccc1N1c2c(ccc[n+]2C)OS1=O. The van der Waals surface area contributed by atoms with Crippen LogP contribution in [0, 0.1) is 0 Å². The molecule has 0 N–H and O–H groups in total. The van der Waals surface area contributed by atoms with Crippen LogP contribution >= 0.6 is 0 Å². The summed E-state index contributed by atoms with van der Waals surface area (Å²) < 4.78 is 23.0. The molecule has 92 valence electrons. The summed E-state index contributed by atoms with van der Waals surface area (Å²) in [5, 5.41) is 0. The number of rotatable bonds is 1. The molecule has 18 heavy (non-hydrogen) atoms. The molecule has 0 radical (unpaired) electrons. The Morgan fingerprint density at radius 3 is 2.67 bits per heavy atom. The highest BCUT2D eigenvalue weighted by Gasteiger charge is 2.43. The second-order valence-electron chi connectivity index (χ2n) is 4.07. The summed E-state index contributed by atoms with van der Waals surface area (Å²) in [6, 6.07) is 9.42. The molecule has 2 aromatic rings. The Hall–Kier alpha value is -1.95. The summed E-state index contributed by atoms with van der Waals surface area (Å²) in [5.41, 5.74) is 0. The molecule has 3 rings (SSSR count). The highest BCUT2D eigenvalue weighted by molar-refractivity contribution is 7.82. The van der Waals surface area contributed by atoms with Gasteiger partial charge in [-0.05, 0) is 18.2 Å². The maximum atomic E-state index is 12.1. The number of aromatic nitrogens is 2. The highest BCUT2D eigenvalue weighted by Crippen LogP contribution is 2.36. The maximum absolute atomic E-state index is 12.1. The molecule has 2 aromatic heterocycles. The van der Waals surface area contributed by atoms with Gasteiger partial charge in [-0.3, -0.25) is 0 Å². The van der Waals surface area contributed by atoms with Crippen molar-refractivity contribution in [3.63, 3.8) is 0 Å². The number of pyridine rings is 2. The molecule has 6 heteroatoms. The van der Waals surface area contributed by atoms with Crippen LogP contribution < -0.4 is 17.6 Å². The molecule has 1 aliphatic heterocycles. The Morgan fingerprint density at radius 1 is 1.11 bits per heavy atom. The molecule has 3 heterocycles. The summed E-state index contributed by atoms with van der Waals surface area (Å²) in [6.45, 7) is 0. The minimum Gasteiger partial charge on any atom is -0.359 e. The van der Waals surface area contributed by atoms with Gasteiger partial charge in [0.15, 0.2) is 0 Å². The monoisotopic (exact) mass is 263 g/mol. The van der Waals surface area contributed by atoms with Crippen molar-refractivity contribution in [3.8, 4) is 5.75 Å². The summed E-state index contributed by atoms with van der Waals surface area (Å²) in [7, 11) is 3.81. The lowest BCUT2D eigenvalue weighted by atomic mass is 10.4. The van der Waals surface area contributed by atoms with Gasteiger partial charge in [0.2, 0.25) is 5.75 Å². The molecule has 0 saturated heterocycles. The van der Waals surface area contributed by atoms with Gasteiger partial charge in [0.1, 0.15) is 0 Å². The average molecular weight is 263 g/mol. The second-order valence-corrected chi connectivity index (χ2v) is 5.04. The minimum absolute atomic E-state index is 0.627. The predicted molar refractivity (Wildman–Crippen MR) is 66.1 cm³/mol. The van der Waals surface area contributed by atoms with Crippen LogP contribution in [0.2, 0.25) is 0 Å². The molecule has 1 unspecified atom stereocenters. The third kappa shape index (κ3) is 1.57. The van der Waals surface area contributed by atoms with Crippen molar-refractivity contribution in [2.45, 2.75) is 0 Å². The summed E-state index contributed by atoms with van der Waals surface area (Å²) in [5.74, 6) is 2.23. The van der Waals surface area contributed by atoms with E-state index in [9.17, 15) is 4.21 Å². The highest BCUT2D eigenvalue weighted by atomic mass is 32.2. The van der Waals surface area contributed by atoms with Gasteiger partial charge in [0.05, 0.1) is 26.5 Å². The fourth-order valence-corrected chi connectivity index (χ4v) is 3.04. The zero-order chi connectivity index (χ0) is 12.7. The zero-order valence-electron chi connectivity index (χ0n) is 10.1. The second kappa shape index (κ2) is 4.06. The lowest BCUT2D eigenvalue weighted by Gasteiger charge is -2.07. The molecule has 0 saturated carbocycles. The lowest BCUT2D eigenvalue weighted by Crippen LogP contribution is -2.41. The van der Waals surface area contributed by atoms with Crippen molar-refractivity contribution in [2.24, 2.45) is 14.1 Å². The van der Waals surface area contributed by atoms with Crippen molar-refractivity contribution in [1.29, 1.82) is 0 Å². The number of anilines is 2. The Labute approximate surface area is 108 Å². The molecular weight excluding hydrogens is 250 g/mol. The predicted octanol–water partition coefficient (Wildman–Crippen LogP) is 0.445. The molecular formula is C12H13N3O2S+2. The zero-order valence-corrected chi connectivity index (χ0v) is 10.9. The van der Waals surface area contributed by atoms with Crippen molar-refractivity contribution in [3.05, 3.63) is 42.7 Å². The van der Waals surface area contributed by atoms with Crippen molar-refractivity contribution >= 4 is 22.9 Å². The molecule has 0 spiro atoms. The van der Waals surface area contributed by atoms with Gasteiger partial charge >= 0.3 is 22.9 Å². The van der Waals surface area contributed by atoms with E-state index in [0.717, 1.165) is 11.6 Å². The van der Waals surface area contributed by atoms with E-state index in [-0.39, 0.29) is 0 Å². The van der Waals surface area contributed by atoms with Crippen LogP contribution in [0.15, 0.2) is 42.7 Å². The van der Waals surface area contributed by atoms with Crippen LogP contribution in [0.1, 0.15) is 0 Å². The van der Waals surface area contributed by atoms with E-state index in [0.29, 0.717) is 5.75 Å². The fraction of sp³-hybridized carbons (Fsp3) is 0.167. The van der Waals surface area contributed by atoms with Crippen LogP contribution in [0.4, 0.5) is 11.6 Å². The van der Waals surface area contributed by atoms with Gasteiger partial charge in [-0.1, -0.05) is 10.4 Å². The number of aryl methyl sites for hydroxylation is 2. The van der Waals surface area contributed by atoms with Gasteiger partial charge in [-0.25, -0.2) is 9.13 Å². The maximum Gasteiger partial charge on any atom is 0.419 e. The first kappa shape index (κ1) is 11.2. The van der Waals surface area contributed by atoms with E-state index in [4.69, 9.17) is 4.18 Å². The van der Waals surface area contributed by atoms with Gasteiger partial charge in [-0.15, -0.1) is 0 Å². The van der Waals surface area contributed by atoms with E-state index in [1.54, 1.807) is 4.31 Å². The summed E-state index contributed by atoms with van der Waals surface area (Å²) >= 11 is -1.54. The normalized spacial score (nSPS) is 17.4. The Morgan fingerprint density at radius 2 is 1.89 bits per heavy atom. The smallest absolute Gasteiger partial charge is 0.359 e. The van der Waals surface area contributed by atoms with Gasteiger partial charge in [0, 0.05) is 6.07 Å². The molecule has 5 nitrogen and oxygen atoms in total. The van der Waals surface area contributed by atoms with E-state index < -0.39 is 11.3 Å². The quantitative estimate of drug-likeness (QED) is 0.700. The standard InChI is InChI=1S/C12H13N3O2S/c1-13-8-4-3-7-11(13)15-12-10(17-18(15)16)6-5-9-14(12)2/h3-9H,1-2H3/q+2. The Kier molecular flexibility index (Phi) is 2.52. The first-order chi connectivity index (χ1) is 8.68. The topological polar surface area (TPSA) is 37.3 Å². The minimum atomic E-state index is -1.54. The molecule has 1 aliphatic rings. The van der Waals surface area contributed by atoms with E-state index >= 15 is 0 Å². The first-order valence-electron chi connectivity index (χ1n) is 5.52. The van der Waals surface area contributed by atoms with Crippen LogP contribution in [-0.4, -0.2) is 4.21 Å². The molecule has 0 fully saturated rings. The van der Waals surface area contributed by atoms with Gasteiger partial charge < -0.3 is 4.18 Å². The molecule has 0 aromatic carbocycles. The largest absolute Gasteiger partial charge is 0.419 e. The lowest BCUT2D eigenvalue weighted by molar-refractivity contribution is -0.666. The van der Waals surface area contributed by atoms with Crippen LogP contribution in [0.25, 0.3) is 0 Å². The van der Waals surface area contributed by atoms with Crippen LogP contribution in [0.3, 0.4) is 0 Å². The van der Waals surface area contributed by atoms with Gasteiger partial charge in [-0.2, -0.15) is 4.21 Å². The van der Waals surface area contributed by atoms with Gasteiger partial charge in [0.25, 0.3) is 0 Å². The van der Waals surface area contributed by atoms with E-state index in [1.807, 2.05) is 66.0 Å². The summed E-state index contributed by atoms with van der Waals surface area (Å²) in [6.07, 6.45) is 3.81. The third-order valence-corrected chi connectivity index (χ3v) is 3.83. The van der Waals surface area contributed by atoms with Crippen LogP contribution in [-0.2, 0) is 25.4 Å². The number of hydrogen-bond acceptors (Lipinski definition) is 2.